The molecule has 0 unspecified atom stereocenters. The highest BCUT2D eigenvalue weighted by Gasteiger charge is 2.35. The smallest absolute Gasteiger partial charge is 0.259 e. The van der Waals surface area contributed by atoms with Crippen LogP contribution in [0.1, 0.15) is 48.2 Å². The Morgan fingerprint density at radius 2 is 1.91 bits per heavy atom. The van der Waals surface area contributed by atoms with Crippen molar-refractivity contribution in [2.45, 2.75) is 45.6 Å². The Labute approximate surface area is 201 Å². The van der Waals surface area contributed by atoms with Gasteiger partial charge in [0.05, 0.1) is 17.5 Å². The number of nitrogens with one attached hydrogen (secondary N) is 1. The van der Waals surface area contributed by atoms with Crippen molar-refractivity contribution < 1.29 is 4.79 Å². The second kappa shape index (κ2) is 9.20. The quantitative estimate of drug-likeness (QED) is 0.540. The molecule has 3 heterocycles. The minimum Gasteiger partial charge on any atom is -0.359 e. The lowest BCUT2D eigenvalue weighted by Crippen LogP contribution is -2.36. The fourth-order valence-corrected chi connectivity index (χ4v) is 5.10. The van der Waals surface area contributed by atoms with Gasteiger partial charge in [0.1, 0.15) is 0 Å². The number of carbonyl (C=O) groups excluding carboxylic acids is 1. The van der Waals surface area contributed by atoms with Crippen LogP contribution in [-0.2, 0) is 11.8 Å². The second-order valence-corrected chi connectivity index (χ2v) is 9.44. The number of fused-ring (bicyclic) bond motifs is 1. The average Bonchev–Trinajstić information content (AvgIpc) is 3.41. The highest BCUT2D eigenvalue weighted by molar-refractivity contribution is 6.36. The number of carbonyl (C=O) groups is 1. The third-order valence-corrected chi connectivity index (χ3v) is 6.90. The summed E-state index contributed by atoms with van der Waals surface area (Å²) in [5, 5.41) is 4.31. The molecule has 33 heavy (non-hydrogen) atoms. The third-order valence-electron chi connectivity index (χ3n) is 6.90. The molecule has 0 radical (unpaired) electrons. The van der Waals surface area contributed by atoms with Crippen molar-refractivity contribution in [1.29, 1.82) is 0 Å². The molecule has 3 aromatic rings. The number of anilines is 1. The Bertz CT molecular complexity index is 1200. The highest BCUT2D eigenvalue weighted by atomic mass is 35.5. The summed E-state index contributed by atoms with van der Waals surface area (Å²) >= 11 is 0. The topological polar surface area (TPSA) is 79.9 Å². The maximum Gasteiger partial charge on any atom is 0.259 e. The van der Waals surface area contributed by atoms with Gasteiger partial charge in [-0.2, -0.15) is 5.10 Å². The van der Waals surface area contributed by atoms with Gasteiger partial charge < -0.3 is 15.6 Å². The van der Waals surface area contributed by atoms with E-state index in [-0.39, 0.29) is 18.3 Å². The van der Waals surface area contributed by atoms with Crippen LogP contribution in [0.2, 0.25) is 0 Å². The van der Waals surface area contributed by atoms with Gasteiger partial charge >= 0.3 is 0 Å². The van der Waals surface area contributed by atoms with Crippen LogP contribution in [0.25, 0.3) is 22.8 Å². The van der Waals surface area contributed by atoms with Crippen LogP contribution >= 0.6 is 12.4 Å². The molecule has 5 rings (SSSR count). The molecular weight excluding hydrogens is 434 g/mol. The van der Waals surface area contributed by atoms with Crippen LogP contribution in [-0.4, -0.2) is 33.3 Å². The molecule has 7 heteroatoms. The molecule has 0 spiro atoms. The molecule has 6 nitrogen and oxygen atoms in total. The van der Waals surface area contributed by atoms with Crippen molar-refractivity contribution in [3.8, 4) is 11.1 Å². The lowest BCUT2D eigenvalue weighted by molar-refractivity contribution is -0.113. The van der Waals surface area contributed by atoms with E-state index >= 15 is 0 Å². The van der Waals surface area contributed by atoms with E-state index in [1.165, 1.54) is 0 Å². The molecule has 2 aromatic heterocycles. The van der Waals surface area contributed by atoms with E-state index in [9.17, 15) is 4.79 Å². The Morgan fingerprint density at radius 3 is 2.55 bits per heavy atom. The van der Waals surface area contributed by atoms with Gasteiger partial charge in [0.2, 0.25) is 0 Å². The van der Waals surface area contributed by atoms with Crippen LogP contribution in [0.3, 0.4) is 0 Å². The molecule has 0 saturated heterocycles. The van der Waals surface area contributed by atoms with Crippen molar-refractivity contribution in [3.05, 3.63) is 59.2 Å². The van der Waals surface area contributed by atoms with E-state index in [2.05, 4.69) is 41.3 Å². The number of nitrogens with two attached hydrogens (primary N) is 1. The van der Waals surface area contributed by atoms with E-state index in [1.54, 1.807) is 4.68 Å². The first-order valence-corrected chi connectivity index (χ1v) is 11.5. The van der Waals surface area contributed by atoms with Gasteiger partial charge in [-0.3, -0.25) is 9.48 Å². The zero-order chi connectivity index (χ0) is 22.4. The van der Waals surface area contributed by atoms with Crippen LogP contribution in [0.15, 0.2) is 36.7 Å². The van der Waals surface area contributed by atoms with Crippen LogP contribution in [0, 0.1) is 19.8 Å². The summed E-state index contributed by atoms with van der Waals surface area (Å²) in [4.78, 5) is 19.1. The molecule has 1 saturated carbocycles. The SMILES string of the molecule is Cc1cc(C)c(/C=C2\C(=O)N(CC3CCC(N)CC3)c3cc(-c4cnn(C)c4)ccc32)[nH]1.Cl. The first-order valence-electron chi connectivity index (χ1n) is 11.5. The molecule has 1 amide bonds. The van der Waals surface area contributed by atoms with Crippen LogP contribution in [0.4, 0.5) is 5.69 Å². The minimum absolute atomic E-state index is 0. The second-order valence-electron chi connectivity index (χ2n) is 9.44. The Kier molecular flexibility index (Phi) is 6.50. The number of nitrogens with zero attached hydrogens (tertiary/aromatic N) is 3. The van der Waals surface area contributed by atoms with Crippen LogP contribution < -0.4 is 10.6 Å². The van der Waals surface area contributed by atoms with E-state index < -0.39 is 0 Å². The number of rotatable bonds is 4. The third kappa shape index (κ3) is 4.50. The Hall–Kier alpha value is -2.83. The minimum atomic E-state index is 0. The summed E-state index contributed by atoms with van der Waals surface area (Å²) in [6, 6.07) is 8.74. The molecular formula is C26H32ClN5O. The average molecular weight is 466 g/mol. The van der Waals surface area contributed by atoms with E-state index in [0.717, 1.165) is 77.1 Å². The summed E-state index contributed by atoms with van der Waals surface area (Å²) in [5.74, 6) is 0.576. The summed E-state index contributed by atoms with van der Waals surface area (Å²) in [6.07, 6.45) is 10.1. The summed E-state index contributed by atoms with van der Waals surface area (Å²) in [7, 11) is 1.92. The molecule has 3 N–H and O–H groups in total. The molecule has 1 fully saturated rings. The van der Waals surface area contributed by atoms with Crippen molar-refractivity contribution in [2.24, 2.45) is 18.7 Å². The van der Waals surface area contributed by atoms with Gasteiger partial charge in [0.25, 0.3) is 5.91 Å². The van der Waals surface area contributed by atoms with Gasteiger partial charge in [-0.25, -0.2) is 0 Å². The zero-order valence-corrected chi connectivity index (χ0v) is 20.3. The lowest BCUT2D eigenvalue weighted by atomic mass is 9.86. The molecule has 2 aliphatic rings. The molecule has 1 aromatic carbocycles. The Balaban J connectivity index is 0.00000259. The van der Waals surface area contributed by atoms with Crippen molar-refractivity contribution in [2.75, 3.05) is 11.4 Å². The van der Waals surface area contributed by atoms with Gasteiger partial charge in [0, 0.05) is 48.3 Å². The maximum atomic E-state index is 13.7. The first-order chi connectivity index (χ1) is 15.4. The van der Waals surface area contributed by atoms with Crippen LogP contribution in [0.5, 0.6) is 0 Å². The predicted molar refractivity (Wildman–Crippen MR) is 136 cm³/mol. The summed E-state index contributed by atoms with van der Waals surface area (Å²) in [5.41, 5.74) is 14.3. The van der Waals surface area contributed by atoms with E-state index in [0.29, 0.717) is 12.0 Å². The van der Waals surface area contributed by atoms with Gasteiger partial charge in [0.15, 0.2) is 0 Å². The number of H-pyrrole nitrogens is 1. The lowest BCUT2D eigenvalue weighted by Gasteiger charge is -2.30. The standard InChI is InChI=1S/C26H31N5O.ClH/c1-16-10-17(2)29-24(16)12-23-22-9-6-19(20-13-28-30(3)15-20)11-25(22)31(26(23)32)14-18-4-7-21(27)8-5-18;/h6,9-13,15,18,21,29H,4-5,7-8,14,27H2,1-3H3;1H/b23-12-;. The molecule has 174 valence electrons. The van der Waals surface area contributed by atoms with Gasteiger partial charge in [-0.1, -0.05) is 12.1 Å². The molecule has 0 bridgehead atoms. The fourth-order valence-electron chi connectivity index (χ4n) is 5.10. The van der Waals surface area contributed by atoms with Gasteiger partial charge in [-0.15, -0.1) is 12.4 Å². The van der Waals surface area contributed by atoms with Crippen molar-refractivity contribution >= 4 is 35.7 Å². The zero-order valence-electron chi connectivity index (χ0n) is 19.5. The number of hydrogen-bond donors (Lipinski definition) is 2. The molecule has 1 aliphatic heterocycles. The number of hydrogen-bond acceptors (Lipinski definition) is 3. The molecule has 0 atom stereocenters. The first kappa shape index (κ1) is 23.3. The number of aromatic nitrogens is 3. The fraction of sp³-hybridized carbons (Fsp3) is 0.385. The number of halogens is 1. The van der Waals surface area contributed by atoms with Gasteiger partial charge in [-0.05, 0) is 74.8 Å². The highest BCUT2D eigenvalue weighted by Crippen LogP contribution is 2.41. The summed E-state index contributed by atoms with van der Waals surface area (Å²) in [6.45, 7) is 4.86. The van der Waals surface area contributed by atoms with E-state index in [1.807, 2.05) is 37.3 Å². The number of benzene rings is 1. The van der Waals surface area contributed by atoms with E-state index in [4.69, 9.17) is 5.73 Å². The monoisotopic (exact) mass is 465 g/mol. The number of aromatic amines is 1. The normalized spacial score (nSPS) is 21.4. The van der Waals surface area contributed by atoms with Crippen molar-refractivity contribution in [3.63, 3.8) is 0 Å². The predicted octanol–water partition coefficient (Wildman–Crippen LogP) is 4.86. The largest absolute Gasteiger partial charge is 0.359 e. The van der Waals surface area contributed by atoms with Crippen molar-refractivity contribution in [1.82, 2.24) is 14.8 Å². The number of amides is 1. The number of aryl methyl sites for hydroxylation is 3. The molecule has 1 aliphatic carbocycles. The Morgan fingerprint density at radius 1 is 1.15 bits per heavy atom. The summed E-state index contributed by atoms with van der Waals surface area (Å²) < 4.78 is 1.80. The maximum absolute atomic E-state index is 13.7.